The number of carboxylic acids is 1. The minimum Gasteiger partial charge on any atom is -0.480 e. The van der Waals surface area contributed by atoms with Crippen LogP contribution in [0.5, 0.6) is 0 Å². The van der Waals surface area contributed by atoms with Crippen LogP contribution in [0.1, 0.15) is 73.6 Å². The number of carbonyl (C=O) groups excluding carboxylic acids is 3. The SMILES string of the molecule is CC(C)CC(N)C(=O)NC(CCCN=C(N)N)C(=O)NC(CC(C)C)C(=O)NC(CC(C)C)C(=O)O. The zero-order valence-electron chi connectivity index (χ0n) is 22.5. The molecule has 0 heterocycles. The van der Waals surface area contributed by atoms with Gasteiger partial charge in [0, 0.05) is 6.54 Å². The molecule has 3 amide bonds. The third-order valence-electron chi connectivity index (χ3n) is 5.30. The van der Waals surface area contributed by atoms with Crippen LogP contribution >= 0.6 is 0 Å². The second-order valence-electron chi connectivity index (χ2n) is 10.5. The van der Waals surface area contributed by atoms with E-state index in [-0.39, 0.29) is 49.5 Å². The summed E-state index contributed by atoms with van der Waals surface area (Å²) in [4.78, 5) is 54.3. The van der Waals surface area contributed by atoms with Crippen molar-refractivity contribution in [2.75, 3.05) is 6.54 Å². The summed E-state index contributed by atoms with van der Waals surface area (Å²) < 4.78 is 0. The monoisotopic (exact) mass is 513 g/mol. The predicted octanol–water partition coefficient (Wildman–Crippen LogP) is 0.0446. The molecule has 0 radical (unpaired) electrons. The van der Waals surface area contributed by atoms with E-state index < -0.39 is 47.9 Å². The molecular formula is C24H47N7O5. The van der Waals surface area contributed by atoms with Crippen LogP contribution in [-0.4, -0.2) is 65.5 Å². The first-order valence-corrected chi connectivity index (χ1v) is 12.6. The van der Waals surface area contributed by atoms with E-state index in [9.17, 15) is 24.3 Å². The summed E-state index contributed by atoms with van der Waals surface area (Å²) in [6.07, 6.45) is 1.59. The Balaban J connectivity index is 5.61. The summed E-state index contributed by atoms with van der Waals surface area (Å²) in [6.45, 7) is 11.6. The molecule has 4 atom stereocenters. The van der Waals surface area contributed by atoms with Crippen LogP contribution in [0.25, 0.3) is 0 Å². The molecule has 0 aliphatic heterocycles. The van der Waals surface area contributed by atoms with Crippen molar-refractivity contribution < 1.29 is 24.3 Å². The second kappa shape index (κ2) is 16.7. The molecule has 10 N–H and O–H groups in total. The summed E-state index contributed by atoms with van der Waals surface area (Å²) in [7, 11) is 0. The summed E-state index contributed by atoms with van der Waals surface area (Å²) in [5.74, 6) is -2.59. The minimum atomic E-state index is -1.14. The van der Waals surface area contributed by atoms with Crippen LogP contribution < -0.4 is 33.2 Å². The van der Waals surface area contributed by atoms with Crippen molar-refractivity contribution >= 4 is 29.7 Å². The van der Waals surface area contributed by atoms with Gasteiger partial charge in [-0.05, 0) is 49.9 Å². The molecule has 0 aromatic carbocycles. The lowest BCUT2D eigenvalue weighted by atomic mass is 9.99. The molecular weight excluding hydrogens is 466 g/mol. The van der Waals surface area contributed by atoms with Crippen molar-refractivity contribution in [1.82, 2.24) is 16.0 Å². The zero-order valence-corrected chi connectivity index (χ0v) is 22.5. The lowest BCUT2D eigenvalue weighted by Gasteiger charge is -2.26. The Hall–Kier alpha value is -2.89. The van der Waals surface area contributed by atoms with Gasteiger partial charge in [-0.3, -0.25) is 19.4 Å². The third kappa shape index (κ3) is 14.5. The normalized spacial score (nSPS) is 14.6. The van der Waals surface area contributed by atoms with Gasteiger partial charge >= 0.3 is 5.97 Å². The standard InChI is InChI=1S/C24H47N7O5/c1-13(2)10-16(25)20(32)29-17(8-7-9-28-24(26)27)21(33)30-18(11-14(3)4)22(34)31-19(23(35)36)12-15(5)6/h13-19H,7-12,25H2,1-6H3,(H,29,32)(H,30,33)(H,31,34)(H,35,36)(H4,26,27,28). The molecule has 0 saturated heterocycles. The number of rotatable bonds is 17. The minimum absolute atomic E-state index is 0.0313. The highest BCUT2D eigenvalue weighted by atomic mass is 16.4. The molecule has 0 bridgehead atoms. The first-order valence-electron chi connectivity index (χ1n) is 12.6. The zero-order chi connectivity index (χ0) is 28.0. The fraction of sp³-hybridized carbons (Fsp3) is 0.792. The molecule has 0 saturated carbocycles. The average Bonchev–Trinajstić information content (AvgIpc) is 2.73. The van der Waals surface area contributed by atoms with Crippen molar-refractivity contribution in [3.8, 4) is 0 Å². The van der Waals surface area contributed by atoms with Gasteiger partial charge in [-0.1, -0.05) is 41.5 Å². The molecule has 208 valence electrons. The van der Waals surface area contributed by atoms with E-state index >= 15 is 0 Å². The number of nitrogens with one attached hydrogen (secondary N) is 3. The number of hydrogen-bond acceptors (Lipinski definition) is 6. The highest BCUT2D eigenvalue weighted by molar-refractivity contribution is 5.94. The largest absolute Gasteiger partial charge is 0.480 e. The number of carbonyl (C=O) groups is 4. The number of nitrogens with zero attached hydrogens (tertiary/aromatic N) is 1. The van der Waals surface area contributed by atoms with Crippen molar-refractivity contribution in [2.24, 2.45) is 39.9 Å². The fourth-order valence-electron chi connectivity index (χ4n) is 3.61. The smallest absolute Gasteiger partial charge is 0.326 e. The van der Waals surface area contributed by atoms with Gasteiger partial charge in [0.25, 0.3) is 0 Å². The Morgan fingerprint density at radius 1 is 0.722 bits per heavy atom. The molecule has 0 spiro atoms. The molecule has 4 unspecified atom stereocenters. The quantitative estimate of drug-likeness (QED) is 0.0798. The molecule has 0 aliphatic rings. The molecule has 0 fully saturated rings. The van der Waals surface area contributed by atoms with Gasteiger partial charge in [-0.2, -0.15) is 0 Å². The lowest BCUT2D eigenvalue weighted by molar-refractivity contribution is -0.143. The molecule has 12 nitrogen and oxygen atoms in total. The van der Waals surface area contributed by atoms with Gasteiger partial charge in [-0.15, -0.1) is 0 Å². The third-order valence-corrected chi connectivity index (χ3v) is 5.30. The van der Waals surface area contributed by atoms with Crippen LogP contribution in [0, 0.1) is 17.8 Å². The molecule has 0 aromatic rings. The number of hydrogen-bond donors (Lipinski definition) is 7. The highest BCUT2D eigenvalue weighted by Gasteiger charge is 2.31. The molecule has 36 heavy (non-hydrogen) atoms. The van der Waals surface area contributed by atoms with E-state index in [1.165, 1.54) is 0 Å². The summed E-state index contributed by atoms with van der Waals surface area (Å²) >= 11 is 0. The van der Waals surface area contributed by atoms with Crippen molar-refractivity contribution in [1.29, 1.82) is 0 Å². The fourth-order valence-corrected chi connectivity index (χ4v) is 3.61. The summed E-state index contributed by atoms with van der Waals surface area (Å²) in [5, 5.41) is 17.4. The lowest BCUT2D eigenvalue weighted by Crippen LogP contribution is -2.57. The average molecular weight is 514 g/mol. The van der Waals surface area contributed by atoms with Gasteiger partial charge in [0.1, 0.15) is 18.1 Å². The van der Waals surface area contributed by atoms with Gasteiger partial charge in [-0.25, -0.2) is 4.79 Å². The number of carboxylic acid groups (broad SMARTS) is 1. The summed E-state index contributed by atoms with van der Waals surface area (Å²) in [5.41, 5.74) is 16.7. The van der Waals surface area contributed by atoms with Gasteiger partial charge < -0.3 is 38.3 Å². The van der Waals surface area contributed by atoms with Crippen molar-refractivity contribution in [3.63, 3.8) is 0 Å². The molecule has 0 aromatic heterocycles. The molecule has 0 rings (SSSR count). The Kier molecular flexibility index (Phi) is 15.4. The van der Waals surface area contributed by atoms with Crippen LogP contribution in [-0.2, 0) is 19.2 Å². The number of nitrogens with two attached hydrogens (primary N) is 3. The van der Waals surface area contributed by atoms with Crippen LogP contribution in [0.3, 0.4) is 0 Å². The van der Waals surface area contributed by atoms with E-state index in [2.05, 4.69) is 20.9 Å². The van der Waals surface area contributed by atoms with Gasteiger partial charge in [0.05, 0.1) is 6.04 Å². The summed E-state index contributed by atoms with van der Waals surface area (Å²) in [6, 6.07) is -3.82. The molecule has 0 aliphatic carbocycles. The van der Waals surface area contributed by atoms with Gasteiger partial charge in [0.15, 0.2) is 5.96 Å². The Morgan fingerprint density at radius 2 is 1.17 bits per heavy atom. The maximum Gasteiger partial charge on any atom is 0.326 e. The maximum atomic E-state index is 13.2. The van der Waals surface area contributed by atoms with E-state index in [0.29, 0.717) is 12.8 Å². The van der Waals surface area contributed by atoms with Crippen molar-refractivity contribution in [2.45, 2.75) is 97.8 Å². The Labute approximate surface area is 214 Å². The molecule has 12 heteroatoms. The number of aliphatic imine (C=N–C) groups is 1. The number of aliphatic carboxylic acids is 1. The maximum absolute atomic E-state index is 13.2. The van der Waals surface area contributed by atoms with E-state index in [0.717, 1.165) is 0 Å². The van der Waals surface area contributed by atoms with Crippen LogP contribution in [0.4, 0.5) is 0 Å². The highest BCUT2D eigenvalue weighted by Crippen LogP contribution is 2.10. The second-order valence-corrected chi connectivity index (χ2v) is 10.5. The van der Waals surface area contributed by atoms with E-state index in [1.54, 1.807) is 0 Å². The first-order chi connectivity index (χ1) is 16.6. The van der Waals surface area contributed by atoms with Crippen LogP contribution in [0.15, 0.2) is 4.99 Å². The predicted molar refractivity (Wildman–Crippen MR) is 140 cm³/mol. The number of guanidine groups is 1. The van der Waals surface area contributed by atoms with E-state index in [1.807, 2.05) is 41.5 Å². The topological polar surface area (TPSA) is 215 Å². The van der Waals surface area contributed by atoms with E-state index in [4.69, 9.17) is 17.2 Å². The van der Waals surface area contributed by atoms with Gasteiger partial charge in [0.2, 0.25) is 17.7 Å². The van der Waals surface area contributed by atoms with Crippen molar-refractivity contribution in [3.05, 3.63) is 0 Å². The Morgan fingerprint density at radius 3 is 1.64 bits per heavy atom. The van der Waals surface area contributed by atoms with Crippen LogP contribution in [0.2, 0.25) is 0 Å². The number of amides is 3. The Bertz CT molecular complexity index is 751. The first kappa shape index (κ1) is 33.1.